The van der Waals surface area contributed by atoms with Gasteiger partial charge < -0.3 is 10.6 Å². The number of halogens is 1. The van der Waals surface area contributed by atoms with Gasteiger partial charge in [-0.15, -0.1) is 0 Å². The van der Waals surface area contributed by atoms with E-state index in [4.69, 9.17) is 0 Å². The van der Waals surface area contributed by atoms with Gasteiger partial charge in [-0.1, -0.05) is 34.1 Å². The molecule has 0 aliphatic carbocycles. The quantitative estimate of drug-likeness (QED) is 0.619. The van der Waals surface area contributed by atoms with Gasteiger partial charge in [0.1, 0.15) is 5.69 Å². The first-order chi connectivity index (χ1) is 12.0. The molecule has 7 heteroatoms. The molecule has 0 atom stereocenters. The molecule has 0 aliphatic rings. The van der Waals surface area contributed by atoms with E-state index in [9.17, 15) is 9.59 Å². The molecule has 0 saturated heterocycles. The summed E-state index contributed by atoms with van der Waals surface area (Å²) in [5, 5.41) is 12.4. The van der Waals surface area contributed by atoms with Crippen molar-refractivity contribution in [3.8, 4) is 11.3 Å². The van der Waals surface area contributed by atoms with Crippen LogP contribution in [0.3, 0.4) is 0 Å². The SMILES string of the molecule is CC(=O)Nc1cccc(NC(=O)c2cc(-c3ccc(Br)cc3)n[nH]2)c1. The predicted molar refractivity (Wildman–Crippen MR) is 100 cm³/mol. The summed E-state index contributed by atoms with van der Waals surface area (Å²) >= 11 is 3.39. The van der Waals surface area contributed by atoms with Crippen molar-refractivity contribution < 1.29 is 9.59 Å². The van der Waals surface area contributed by atoms with Crippen molar-refractivity contribution in [1.29, 1.82) is 0 Å². The summed E-state index contributed by atoms with van der Waals surface area (Å²) in [4.78, 5) is 23.5. The third-order valence-corrected chi connectivity index (χ3v) is 3.93. The van der Waals surface area contributed by atoms with Gasteiger partial charge in [0.05, 0.1) is 5.69 Å². The predicted octanol–water partition coefficient (Wildman–Crippen LogP) is 4.05. The zero-order chi connectivity index (χ0) is 17.8. The number of rotatable bonds is 4. The molecule has 3 N–H and O–H groups in total. The molecule has 0 unspecified atom stereocenters. The third kappa shape index (κ3) is 4.33. The first-order valence-electron chi connectivity index (χ1n) is 7.51. The first-order valence-corrected chi connectivity index (χ1v) is 8.31. The van der Waals surface area contributed by atoms with Crippen molar-refractivity contribution in [2.24, 2.45) is 0 Å². The molecule has 3 aromatic rings. The number of carbonyl (C=O) groups excluding carboxylic acids is 2. The molecule has 0 saturated carbocycles. The van der Waals surface area contributed by atoms with Gasteiger partial charge >= 0.3 is 0 Å². The minimum absolute atomic E-state index is 0.170. The zero-order valence-electron chi connectivity index (χ0n) is 13.3. The number of hydrogen-bond acceptors (Lipinski definition) is 3. The van der Waals surface area contributed by atoms with E-state index in [0.29, 0.717) is 22.8 Å². The summed E-state index contributed by atoms with van der Waals surface area (Å²) in [6, 6.07) is 16.3. The topological polar surface area (TPSA) is 86.9 Å². The molecule has 0 bridgehead atoms. The summed E-state index contributed by atoms with van der Waals surface area (Å²) in [6.45, 7) is 1.43. The van der Waals surface area contributed by atoms with Crippen molar-refractivity contribution >= 4 is 39.1 Å². The van der Waals surface area contributed by atoms with Gasteiger partial charge in [0, 0.05) is 28.3 Å². The summed E-state index contributed by atoms with van der Waals surface area (Å²) in [5.74, 6) is -0.480. The van der Waals surface area contributed by atoms with Crippen LogP contribution >= 0.6 is 15.9 Å². The molecule has 1 aromatic heterocycles. The van der Waals surface area contributed by atoms with Crippen LogP contribution in [0.25, 0.3) is 11.3 Å². The van der Waals surface area contributed by atoms with Gasteiger partial charge in [0.25, 0.3) is 5.91 Å². The molecule has 3 rings (SSSR count). The molecule has 1 heterocycles. The average Bonchev–Trinajstić information content (AvgIpc) is 3.05. The van der Waals surface area contributed by atoms with Gasteiger partial charge in [0.2, 0.25) is 5.91 Å². The number of benzene rings is 2. The lowest BCUT2D eigenvalue weighted by atomic mass is 10.1. The maximum absolute atomic E-state index is 12.4. The van der Waals surface area contributed by atoms with Crippen LogP contribution in [0.5, 0.6) is 0 Å². The molecule has 6 nitrogen and oxygen atoms in total. The average molecular weight is 399 g/mol. The lowest BCUT2D eigenvalue weighted by Gasteiger charge is -2.06. The van der Waals surface area contributed by atoms with Crippen molar-refractivity contribution in [3.05, 3.63) is 64.8 Å². The largest absolute Gasteiger partial charge is 0.326 e. The zero-order valence-corrected chi connectivity index (χ0v) is 14.9. The minimum atomic E-state index is -0.309. The number of carbonyl (C=O) groups is 2. The van der Waals surface area contributed by atoms with E-state index in [-0.39, 0.29) is 11.8 Å². The van der Waals surface area contributed by atoms with E-state index < -0.39 is 0 Å². The van der Waals surface area contributed by atoms with Crippen LogP contribution < -0.4 is 10.6 Å². The highest BCUT2D eigenvalue weighted by molar-refractivity contribution is 9.10. The Morgan fingerprint density at radius 2 is 1.68 bits per heavy atom. The number of nitrogens with one attached hydrogen (secondary N) is 3. The summed E-state index contributed by atoms with van der Waals surface area (Å²) in [7, 11) is 0. The number of aromatic amines is 1. The Kier molecular flexibility index (Phi) is 4.95. The Hall–Kier alpha value is -2.93. The number of amides is 2. The van der Waals surface area contributed by atoms with Crippen LogP contribution in [0.2, 0.25) is 0 Å². The highest BCUT2D eigenvalue weighted by Crippen LogP contribution is 2.21. The van der Waals surface area contributed by atoms with Crippen molar-refractivity contribution in [2.75, 3.05) is 10.6 Å². The fraction of sp³-hybridized carbons (Fsp3) is 0.0556. The Balaban J connectivity index is 1.74. The summed E-state index contributed by atoms with van der Waals surface area (Å²) in [6.07, 6.45) is 0. The molecule has 2 aromatic carbocycles. The monoisotopic (exact) mass is 398 g/mol. The van der Waals surface area contributed by atoms with Gasteiger partial charge in [-0.3, -0.25) is 14.7 Å². The molecule has 2 amide bonds. The molecule has 0 fully saturated rings. The van der Waals surface area contributed by atoms with Crippen LogP contribution in [-0.2, 0) is 4.79 Å². The molecular formula is C18H15BrN4O2. The Morgan fingerprint density at radius 3 is 2.36 bits per heavy atom. The van der Waals surface area contributed by atoms with Crippen molar-refractivity contribution in [1.82, 2.24) is 10.2 Å². The van der Waals surface area contributed by atoms with E-state index in [1.807, 2.05) is 24.3 Å². The molecule has 0 spiro atoms. The van der Waals surface area contributed by atoms with Crippen molar-refractivity contribution in [2.45, 2.75) is 6.92 Å². The fourth-order valence-electron chi connectivity index (χ4n) is 2.28. The number of aromatic nitrogens is 2. The van der Waals surface area contributed by atoms with E-state index in [1.54, 1.807) is 30.3 Å². The second-order valence-electron chi connectivity index (χ2n) is 5.39. The van der Waals surface area contributed by atoms with E-state index >= 15 is 0 Å². The normalized spacial score (nSPS) is 10.3. The Bertz CT molecular complexity index is 919. The van der Waals surface area contributed by atoms with Gasteiger partial charge in [-0.05, 0) is 36.4 Å². The number of H-pyrrole nitrogens is 1. The Labute approximate surface area is 152 Å². The maximum atomic E-state index is 12.4. The van der Waals surface area contributed by atoms with Gasteiger partial charge in [-0.2, -0.15) is 5.10 Å². The van der Waals surface area contributed by atoms with E-state index in [0.717, 1.165) is 10.0 Å². The van der Waals surface area contributed by atoms with Gasteiger partial charge in [-0.25, -0.2) is 0 Å². The number of hydrogen-bond donors (Lipinski definition) is 3. The molecule has 0 aliphatic heterocycles. The Morgan fingerprint density at radius 1 is 1.00 bits per heavy atom. The summed E-state index contributed by atoms with van der Waals surface area (Å²) < 4.78 is 0.976. The first kappa shape index (κ1) is 16.9. The highest BCUT2D eigenvalue weighted by Gasteiger charge is 2.11. The highest BCUT2D eigenvalue weighted by atomic mass is 79.9. The van der Waals surface area contributed by atoms with E-state index in [2.05, 4.69) is 36.8 Å². The second kappa shape index (κ2) is 7.31. The van der Waals surface area contributed by atoms with Crippen LogP contribution in [-0.4, -0.2) is 22.0 Å². The number of nitrogens with zero attached hydrogens (tertiary/aromatic N) is 1. The molecule has 126 valence electrons. The van der Waals surface area contributed by atoms with E-state index in [1.165, 1.54) is 6.92 Å². The standard InChI is InChI=1S/C18H15BrN4O2/c1-11(24)20-14-3-2-4-15(9-14)21-18(25)17-10-16(22-23-17)12-5-7-13(19)8-6-12/h2-10H,1H3,(H,20,24)(H,21,25)(H,22,23). The van der Waals surface area contributed by atoms with Crippen LogP contribution in [0.1, 0.15) is 17.4 Å². The fourth-order valence-corrected chi connectivity index (χ4v) is 2.55. The maximum Gasteiger partial charge on any atom is 0.273 e. The summed E-state index contributed by atoms with van der Waals surface area (Å²) in [5.41, 5.74) is 3.14. The third-order valence-electron chi connectivity index (χ3n) is 3.40. The smallest absolute Gasteiger partial charge is 0.273 e. The number of anilines is 2. The second-order valence-corrected chi connectivity index (χ2v) is 6.31. The van der Waals surface area contributed by atoms with Crippen molar-refractivity contribution in [3.63, 3.8) is 0 Å². The minimum Gasteiger partial charge on any atom is -0.326 e. The van der Waals surface area contributed by atoms with Crippen LogP contribution in [0, 0.1) is 0 Å². The van der Waals surface area contributed by atoms with Gasteiger partial charge in [0.15, 0.2) is 0 Å². The molecular weight excluding hydrogens is 384 g/mol. The van der Waals surface area contributed by atoms with Crippen LogP contribution in [0.4, 0.5) is 11.4 Å². The lowest BCUT2D eigenvalue weighted by Crippen LogP contribution is -2.13. The lowest BCUT2D eigenvalue weighted by molar-refractivity contribution is -0.114. The molecule has 0 radical (unpaired) electrons. The van der Waals surface area contributed by atoms with Crippen LogP contribution in [0.15, 0.2) is 59.1 Å². The molecule has 25 heavy (non-hydrogen) atoms.